The number of methoxy groups -OCH3 is 1. The molecule has 1 aliphatic rings. The summed E-state index contributed by atoms with van der Waals surface area (Å²) in [6.07, 6.45) is 2.67. The monoisotopic (exact) mass is 486 g/mol. The Balaban J connectivity index is 1.81. The molecular formula is C25H27ClN2O6. The molecule has 1 aromatic heterocycles. The normalized spacial score (nSPS) is 17.3. The first-order chi connectivity index (χ1) is 16.2. The van der Waals surface area contributed by atoms with Gasteiger partial charge >= 0.3 is 5.97 Å². The van der Waals surface area contributed by atoms with Gasteiger partial charge in [-0.05, 0) is 55.2 Å². The molecule has 2 amide bonds. The number of amides is 2. The summed E-state index contributed by atoms with van der Waals surface area (Å²) in [5.41, 5.74) is 1.27. The van der Waals surface area contributed by atoms with Crippen molar-refractivity contribution >= 4 is 35.2 Å². The van der Waals surface area contributed by atoms with Crippen LogP contribution < -0.4 is 4.74 Å². The molecule has 3 rings (SSSR count). The second-order valence-electron chi connectivity index (χ2n) is 8.34. The smallest absolute Gasteiger partial charge is 0.335 e. The molecule has 0 radical (unpaired) electrons. The quantitative estimate of drug-likeness (QED) is 0.601. The largest absolute Gasteiger partial charge is 0.496 e. The lowest BCUT2D eigenvalue weighted by atomic mass is 9.92. The number of rotatable bonds is 8. The molecule has 9 heteroatoms. The van der Waals surface area contributed by atoms with Crippen molar-refractivity contribution < 1.29 is 29.0 Å². The third-order valence-corrected chi connectivity index (χ3v) is 6.33. The number of pyridine rings is 1. The van der Waals surface area contributed by atoms with Crippen molar-refractivity contribution in [2.45, 2.75) is 44.9 Å². The first-order valence-corrected chi connectivity index (χ1v) is 11.5. The van der Waals surface area contributed by atoms with Gasteiger partial charge in [0, 0.05) is 41.6 Å². The van der Waals surface area contributed by atoms with Gasteiger partial charge in [0.2, 0.25) is 11.8 Å². The minimum atomic E-state index is -1.09. The van der Waals surface area contributed by atoms with Crippen molar-refractivity contribution in [2.24, 2.45) is 5.92 Å². The molecule has 0 spiro atoms. The molecule has 0 saturated carbocycles. The maximum Gasteiger partial charge on any atom is 0.335 e. The Labute approximate surface area is 202 Å². The molecule has 2 atom stereocenters. The number of likely N-dealkylation sites (tertiary alicyclic amines) is 1. The Hall–Kier alpha value is -3.26. The second-order valence-corrected chi connectivity index (χ2v) is 8.77. The highest BCUT2D eigenvalue weighted by atomic mass is 35.5. The summed E-state index contributed by atoms with van der Waals surface area (Å²) in [6.45, 7) is 1.59. The number of halogens is 1. The predicted molar refractivity (Wildman–Crippen MR) is 125 cm³/mol. The molecule has 2 aromatic rings. The van der Waals surface area contributed by atoms with Gasteiger partial charge in [0.15, 0.2) is 5.78 Å². The number of Topliss-reactive ketones (excluding diaryl/α,β-unsaturated/α-hetero) is 1. The van der Waals surface area contributed by atoms with Crippen molar-refractivity contribution in [1.82, 2.24) is 9.88 Å². The lowest BCUT2D eigenvalue weighted by Crippen LogP contribution is -2.42. The van der Waals surface area contributed by atoms with Crippen LogP contribution in [-0.4, -0.2) is 52.2 Å². The SMILES string of the molecule is CC[C@@H](CC(=O)N1CC(=O)CC[C@@H](Cc2cc(Cl)ccc2OC)C1=O)c1cc(C(=O)O)ccn1. The van der Waals surface area contributed by atoms with Crippen LogP contribution in [0, 0.1) is 5.92 Å². The van der Waals surface area contributed by atoms with E-state index < -0.39 is 23.7 Å². The molecule has 8 nitrogen and oxygen atoms in total. The third-order valence-electron chi connectivity index (χ3n) is 6.09. The zero-order valence-electron chi connectivity index (χ0n) is 19.1. The van der Waals surface area contributed by atoms with Gasteiger partial charge in [-0.2, -0.15) is 0 Å². The fourth-order valence-corrected chi connectivity index (χ4v) is 4.36. The van der Waals surface area contributed by atoms with Crippen molar-refractivity contribution in [3.63, 3.8) is 0 Å². The summed E-state index contributed by atoms with van der Waals surface area (Å²) in [7, 11) is 1.53. The van der Waals surface area contributed by atoms with Crippen LogP contribution in [0.2, 0.25) is 5.02 Å². The molecule has 1 saturated heterocycles. The van der Waals surface area contributed by atoms with Crippen molar-refractivity contribution in [1.29, 1.82) is 0 Å². The van der Waals surface area contributed by atoms with Crippen LogP contribution in [-0.2, 0) is 20.8 Å². The molecule has 180 valence electrons. The number of carboxylic acid groups (broad SMARTS) is 1. The molecule has 0 aliphatic carbocycles. The van der Waals surface area contributed by atoms with Gasteiger partial charge in [-0.25, -0.2) is 4.79 Å². The number of carbonyl (C=O) groups is 4. The van der Waals surface area contributed by atoms with Gasteiger partial charge in [0.25, 0.3) is 0 Å². The highest BCUT2D eigenvalue weighted by Gasteiger charge is 2.35. The van der Waals surface area contributed by atoms with E-state index in [0.717, 1.165) is 10.5 Å². The van der Waals surface area contributed by atoms with Crippen LogP contribution in [0.5, 0.6) is 5.75 Å². The van der Waals surface area contributed by atoms with E-state index in [2.05, 4.69) is 4.98 Å². The molecule has 1 N–H and O–H groups in total. The molecular weight excluding hydrogens is 460 g/mol. The minimum absolute atomic E-state index is 0.0567. The van der Waals surface area contributed by atoms with Crippen LogP contribution in [0.25, 0.3) is 0 Å². The van der Waals surface area contributed by atoms with Crippen LogP contribution in [0.15, 0.2) is 36.5 Å². The number of nitrogens with zero attached hydrogens (tertiary/aromatic N) is 2. The Kier molecular flexibility index (Phi) is 8.39. The van der Waals surface area contributed by atoms with E-state index in [4.69, 9.17) is 16.3 Å². The third kappa shape index (κ3) is 5.99. The van der Waals surface area contributed by atoms with Crippen molar-refractivity contribution in [2.75, 3.05) is 13.7 Å². The molecule has 2 heterocycles. The highest BCUT2D eigenvalue weighted by Crippen LogP contribution is 2.30. The van der Waals surface area contributed by atoms with Gasteiger partial charge in [-0.3, -0.25) is 24.3 Å². The van der Waals surface area contributed by atoms with Gasteiger partial charge in [0.05, 0.1) is 19.2 Å². The summed E-state index contributed by atoms with van der Waals surface area (Å²) in [5.74, 6) is -2.52. The molecule has 34 heavy (non-hydrogen) atoms. The molecule has 1 fully saturated rings. The van der Waals surface area contributed by atoms with Crippen molar-refractivity contribution in [3.05, 3.63) is 58.4 Å². The number of imide groups is 1. The minimum Gasteiger partial charge on any atom is -0.496 e. The van der Waals surface area contributed by atoms with Crippen LogP contribution in [0.4, 0.5) is 0 Å². The highest BCUT2D eigenvalue weighted by molar-refractivity contribution is 6.30. The number of aromatic nitrogens is 1. The zero-order chi connectivity index (χ0) is 24.8. The Morgan fingerprint density at radius 1 is 1.26 bits per heavy atom. The number of hydrogen-bond acceptors (Lipinski definition) is 6. The lowest BCUT2D eigenvalue weighted by Gasteiger charge is -2.24. The van der Waals surface area contributed by atoms with E-state index >= 15 is 0 Å². The zero-order valence-corrected chi connectivity index (χ0v) is 19.9. The van der Waals surface area contributed by atoms with Crippen LogP contribution in [0.1, 0.15) is 60.1 Å². The summed E-state index contributed by atoms with van der Waals surface area (Å²) in [6, 6.07) is 7.95. The summed E-state index contributed by atoms with van der Waals surface area (Å²) in [4.78, 5) is 55.5. The van der Waals surface area contributed by atoms with Gasteiger partial charge in [0.1, 0.15) is 5.75 Å². The first kappa shape index (κ1) is 25.4. The number of ether oxygens (including phenoxy) is 1. The van der Waals surface area contributed by atoms with Crippen LogP contribution >= 0.6 is 11.6 Å². The van der Waals surface area contributed by atoms with E-state index in [9.17, 15) is 24.3 Å². The fourth-order valence-electron chi connectivity index (χ4n) is 4.17. The maximum absolute atomic E-state index is 13.4. The number of aromatic carboxylic acids is 1. The van der Waals surface area contributed by atoms with E-state index in [1.807, 2.05) is 6.92 Å². The Morgan fingerprint density at radius 3 is 2.71 bits per heavy atom. The Morgan fingerprint density at radius 2 is 2.03 bits per heavy atom. The topological polar surface area (TPSA) is 114 Å². The van der Waals surface area contributed by atoms with Gasteiger partial charge < -0.3 is 9.84 Å². The Bertz CT molecular complexity index is 1100. The van der Waals surface area contributed by atoms with E-state index in [0.29, 0.717) is 35.7 Å². The number of carboxylic acids is 1. The number of benzene rings is 1. The molecule has 1 aliphatic heterocycles. The van der Waals surface area contributed by atoms with Crippen molar-refractivity contribution in [3.8, 4) is 5.75 Å². The van der Waals surface area contributed by atoms with Gasteiger partial charge in [-0.15, -0.1) is 0 Å². The molecule has 0 unspecified atom stereocenters. The predicted octanol–water partition coefficient (Wildman–Crippen LogP) is 3.90. The second kappa shape index (κ2) is 11.2. The number of ketones is 1. The molecule has 1 aromatic carbocycles. The van der Waals surface area contributed by atoms with E-state index in [-0.39, 0.29) is 36.7 Å². The number of hydrogen-bond donors (Lipinski definition) is 1. The maximum atomic E-state index is 13.4. The fraction of sp³-hybridized carbons (Fsp3) is 0.400. The molecule has 0 bridgehead atoms. The summed E-state index contributed by atoms with van der Waals surface area (Å²) in [5, 5.41) is 9.75. The summed E-state index contributed by atoms with van der Waals surface area (Å²) < 4.78 is 5.38. The first-order valence-electron chi connectivity index (χ1n) is 11.1. The van der Waals surface area contributed by atoms with Gasteiger partial charge in [-0.1, -0.05) is 18.5 Å². The lowest BCUT2D eigenvalue weighted by molar-refractivity contribution is -0.148. The van der Waals surface area contributed by atoms with Crippen LogP contribution in [0.3, 0.4) is 0 Å². The summed E-state index contributed by atoms with van der Waals surface area (Å²) >= 11 is 6.12. The van der Waals surface area contributed by atoms with E-state index in [1.54, 1.807) is 18.2 Å². The van der Waals surface area contributed by atoms with E-state index in [1.165, 1.54) is 25.4 Å². The average Bonchev–Trinajstić information content (AvgIpc) is 2.96. The average molecular weight is 487 g/mol. The standard InChI is InChI=1S/C25H27ClN2O6/c1-3-15(21-12-17(25(32)33)8-9-27-21)13-23(30)28-14-20(29)6-4-16(24(28)31)10-18-11-19(26)5-7-22(18)34-2/h5,7-9,11-12,15-16H,3-4,6,10,13-14H2,1-2H3,(H,32,33)/t15-,16-/m0/s1. The number of carbonyl (C=O) groups excluding carboxylic acids is 3.